The zero-order valence-corrected chi connectivity index (χ0v) is 12.3. The fourth-order valence-electron chi connectivity index (χ4n) is 2.33. The van der Waals surface area contributed by atoms with E-state index in [-0.39, 0.29) is 0 Å². The van der Waals surface area contributed by atoms with Crippen molar-refractivity contribution in [3.63, 3.8) is 0 Å². The van der Waals surface area contributed by atoms with Crippen molar-refractivity contribution < 1.29 is 4.74 Å². The van der Waals surface area contributed by atoms with Gasteiger partial charge in [-0.2, -0.15) is 0 Å². The van der Waals surface area contributed by atoms with Crippen LogP contribution >= 0.6 is 0 Å². The number of aryl methyl sites for hydroxylation is 2. The summed E-state index contributed by atoms with van der Waals surface area (Å²) in [5.41, 5.74) is 1.10. The standard InChI is InChI=1S/C15H27N3O/c1-3-19-11-5-9-16-15-17-13(2)12-18(15)10-4-6-14-7-8-14/h12,14H,3-11H2,1-2H3,(H,16,17). The highest BCUT2D eigenvalue weighted by Gasteiger charge is 2.20. The van der Waals surface area contributed by atoms with E-state index in [0.717, 1.165) is 50.3 Å². The summed E-state index contributed by atoms with van der Waals surface area (Å²) in [6.07, 6.45) is 8.73. The smallest absolute Gasteiger partial charge is 0.203 e. The van der Waals surface area contributed by atoms with Gasteiger partial charge in [0.1, 0.15) is 0 Å². The minimum Gasteiger partial charge on any atom is -0.382 e. The quantitative estimate of drug-likeness (QED) is 0.660. The summed E-state index contributed by atoms with van der Waals surface area (Å²) >= 11 is 0. The Balaban J connectivity index is 1.71. The third-order valence-corrected chi connectivity index (χ3v) is 3.56. The van der Waals surface area contributed by atoms with Gasteiger partial charge >= 0.3 is 0 Å². The Morgan fingerprint density at radius 2 is 2.26 bits per heavy atom. The second-order valence-corrected chi connectivity index (χ2v) is 5.46. The van der Waals surface area contributed by atoms with Crippen molar-refractivity contribution in [2.24, 2.45) is 5.92 Å². The van der Waals surface area contributed by atoms with Crippen LogP contribution in [0, 0.1) is 12.8 Å². The van der Waals surface area contributed by atoms with Gasteiger partial charge in [0, 0.05) is 32.5 Å². The first kappa shape index (κ1) is 14.4. The lowest BCUT2D eigenvalue weighted by Gasteiger charge is -2.09. The highest BCUT2D eigenvalue weighted by Crippen LogP contribution is 2.33. The first-order chi connectivity index (χ1) is 9.29. The summed E-state index contributed by atoms with van der Waals surface area (Å²) in [7, 11) is 0. The zero-order chi connectivity index (χ0) is 13.5. The normalized spacial score (nSPS) is 14.8. The molecule has 1 fully saturated rings. The monoisotopic (exact) mass is 265 g/mol. The number of nitrogens with zero attached hydrogens (tertiary/aromatic N) is 2. The van der Waals surface area contributed by atoms with Gasteiger partial charge in [-0.15, -0.1) is 0 Å². The van der Waals surface area contributed by atoms with Gasteiger partial charge in [0.05, 0.1) is 5.69 Å². The van der Waals surface area contributed by atoms with Crippen LogP contribution in [0.3, 0.4) is 0 Å². The predicted molar refractivity (Wildman–Crippen MR) is 78.5 cm³/mol. The van der Waals surface area contributed by atoms with Crippen molar-refractivity contribution in [2.75, 3.05) is 25.1 Å². The molecule has 1 N–H and O–H groups in total. The molecule has 1 aliphatic carbocycles. The van der Waals surface area contributed by atoms with Gasteiger partial charge in [0.25, 0.3) is 0 Å². The first-order valence-corrected chi connectivity index (χ1v) is 7.65. The third kappa shape index (κ3) is 5.23. The number of hydrogen-bond acceptors (Lipinski definition) is 3. The van der Waals surface area contributed by atoms with Gasteiger partial charge in [0.2, 0.25) is 5.95 Å². The summed E-state index contributed by atoms with van der Waals surface area (Å²) in [5.74, 6) is 2.04. The Bertz CT molecular complexity index is 371. The maximum Gasteiger partial charge on any atom is 0.203 e. The number of aromatic nitrogens is 2. The molecule has 0 atom stereocenters. The Morgan fingerprint density at radius 1 is 1.42 bits per heavy atom. The van der Waals surface area contributed by atoms with Crippen molar-refractivity contribution in [3.05, 3.63) is 11.9 Å². The second-order valence-electron chi connectivity index (χ2n) is 5.46. The minimum atomic E-state index is 0.800. The van der Waals surface area contributed by atoms with Gasteiger partial charge in [-0.05, 0) is 39.0 Å². The van der Waals surface area contributed by atoms with Crippen LogP contribution in [0.5, 0.6) is 0 Å². The highest BCUT2D eigenvalue weighted by atomic mass is 16.5. The Morgan fingerprint density at radius 3 is 3.00 bits per heavy atom. The highest BCUT2D eigenvalue weighted by molar-refractivity contribution is 5.28. The number of imidazole rings is 1. The van der Waals surface area contributed by atoms with Crippen LogP contribution < -0.4 is 5.32 Å². The van der Waals surface area contributed by atoms with E-state index in [0.29, 0.717) is 0 Å². The van der Waals surface area contributed by atoms with Crippen molar-refractivity contribution >= 4 is 5.95 Å². The van der Waals surface area contributed by atoms with Crippen LogP contribution in [-0.4, -0.2) is 29.3 Å². The molecule has 0 aromatic carbocycles. The van der Waals surface area contributed by atoms with Crippen molar-refractivity contribution in [1.29, 1.82) is 0 Å². The molecule has 0 unspecified atom stereocenters. The molecule has 0 bridgehead atoms. The number of hydrogen-bond donors (Lipinski definition) is 1. The van der Waals surface area contributed by atoms with Crippen LogP contribution in [0.2, 0.25) is 0 Å². The fraction of sp³-hybridized carbons (Fsp3) is 0.800. The van der Waals surface area contributed by atoms with E-state index < -0.39 is 0 Å². The van der Waals surface area contributed by atoms with E-state index >= 15 is 0 Å². The molecule has 19 heavy (non-hydrogen) atoms. The molecule has 0 radical (unpaired) electrons. The number of nitrogens with one attached hydrogen (secondary N) is 1. The lowest BCUT2D eigenvalue weighted by Crippen LogP contribution is -2.11. The number of anilines is 1. The van der Waals surface area contributed by atoms with Crippen LogP contribution in [-0.2, 0) is 11.3 Å². The topological polar surface area (TPSA) is 39.1 Å². The van der Waals surface area contributed by atoms with Crippen molar-refractivity contribution in [2.45, 2.75) is 52.5 Å². The Hall–Kier alpha value is -1.03. The Kier molecular flexibility index (Phi) is 5.70. The molecule has 0 aliphatic heterocycles. The molecule has 0 spiro atoms. The van der Waals surface area contributed by atoms with Crippen molar-refractivity contribution in [1.82, 2.24) is 9.55 Å². The van der Waals surface area contributed by atoms with Crippen LogP contribution in [0.1, 0.15) is 44.7 Å². The van der Waals surface area contributed by atoms with E-state index in [1.165, 1.54) is 25.7 Å². The van der Waals surface area contributed by atoms with Crippen LogP contribution in [0.4, 0.5) is 5.95 Å². The average molecular weight is 265 g/mol. The number of rotatable bonds is 10. The lowest BCUT2D eigenvalue weighted by atomic mass is 10.2. The number of ether oxygens (including phenoxy) is 1. The van der Waals surface area contributed by atoms with Gasteiger partial charge in [-0.3, -0.25) is 0 Å². The van der Waals surface area contributed by atoms with E-state index in [1.54, 1.807) is 0 Å². The largest absolute Gasteiger partial charge is 0.382 e. The van der Waals surface area contributed by atoms with E-state index in [1.807, 2.05) is 6.92 Å². The summed E-state index contributed by atoms with van der Waals surface area (Å²) < 4.78 is 7.60. The molecule has 108 valence electrons. The van der Waals surface area contributed by atoms with Gasteiger partial charge in [-0.25, -0.2) is 4.98 Å². The van der Waals surface area contributed by atoms with E-state index in [9.17, 15) is 0 Å². The molecule has 1 aromatic rings. The average Bonchev–Trinajstić information content (AvgIpc) is 3.14. The minimum absolute atomic E-state index is 0.800. The summed E-state index contributed by atoms with van der Waals surface area (Å²) in [6.45, 7) is 7.73. The molecular formula is C15H27N3O. The SMILES string of the molecule is CCOCCCNc1nc(C)cn1CCCC1CC1. The van der Waals surface area contributed by atoms with Gasteiger partial charge in [0.15, 0.2) is 0 Å². The summed E-state index contributed by atoms with van der Waals surface area (Å²) in [6, 6.07) is 0. The molecule has 1 heterocycles. The first-order valence-electron chi connectivity index (χ1n) is 7.65. The van der Waals surface area contributed by atoms with Crippen LogP contribution in [0.15, 0.2) is 6.20 Å². The maximum absolute atomic E-state index is 5.34. The second kappa shape index (κ2) is 7.53. The van der Waals surface area contributed by atoms with E-state index in [2.05, 4.69) is 28.0 Å². The maximum atomic E-state index is 5.34. The fourth-order valence-corrected chi connectivity index (χ4v) is 2.33. The predicted octanol–water partition coefficient (Wildman–Crippen LogP) is 3.22. The molecule has 1 aliphatic rings. The van der Waals surface area contributed by atoms with E-state index in [4.69, 9.17) is 4.74 Å². The van der Waals surface area contributed by atoms with Crippen LogP contribution in [0.25, 0.3) is 0 Å². The Labute approximate surface area is 116 Å². The molecular weight excluding hydrogens is 238 g/mol. The summed E-state index contributed by atoms with van der Waals surface area (Å²) in [4.78, 5) is 4.55. The molecule has 1 saturated carbocycles. The lowest BCUT2D eigenvalue weighted by molar-refractivity contribution is 0.147. The zero-order valence-electron chi connectivity index (χ0n) is 12.3. The molecule has 4 heteroatoms. The molecule has 0 saturated heterocycles. The summed E-state index contributed by atoms with van der Waals surface area (Å²) in [5, 5.41) is 3.42. The van der Waals surface area contributed by atoms with Gasteiger partial charge < -0.3 is 14.6 Å². The third-order valence-electron chi connectivity index (χ3n) is 3.56. The molecule has 1 aromatic heterocycles. The molecule has 4 nitrogen and oxygen atoms in total. The van der Waals surface area contributed by atoms with Crippen molar-refractivity contribution in [3.8, 4) is 0 Å². The molecule has 2 rings (SSSR count). The molecule has 0 amide bonds. The van der Waals surface area contributed by atoms with Gasteiger partial charge in [-0.1, -0.05) is 12.8 Å².